The van der Waals surface area contributed by atoms with E-state index < -0.39 is 0 Å². The molecule has 0 spiro atoms. The second kappa shape index (κ2) is 8.62. The summed E-state index contributed by atoms with van der Waals surface area (Å²) in [6, 6.07) is 13.8. The molecule has 1 aliphatic heterocycles. The molecule has 0 saturated carbocycles. The number of carbonyl (C=O) groups is 1. The van der Waals surface area contributed by atoms with Crippen molar-refractivity contribution in [3.05, 3.63) is 59.9 Å². The van der Waals surface area contributed by atoms with Crippen LogP contribution in [-0.4, -0.2) is 60.0 Å². The molecule has 0 aliphatic carbocycles. The van der Waals surface area contributed by atoms with E-state index in [-0.39, 0.29) is 12.5 Å². The smallest absolute Gasteiger partial charge is 0.260 e. The molecule has 0 unspecified atom stereocenters. The number of ether oxygens (including phenoxy) is 1. The SMILES string of the molecule is Cc1ccc(OCC(=O)N2CCN(CCc3ccccn3)CC2)cc1. The molecular formula is C20H25N3O2. The van der Waals surface area contributed by atoms with E-state index >= 15 is 0 Å². The summed E-state index contributed by atoms with van der Waals surface area (Å²) >= 11 is 0. The number of aromatic nitrogens is 1. The van der Waals surface area contributed by atoms with E-state index in [1.54, 1.807) is 0 Å². The number of rotatable bonds is 6. The van der Waals surface area contributed by atoms with Gasteiger partial charge in [0.05, 0.1) is 0 Å². The predicted octanol–water partition coefficient (Wildman–Crippen LogP) is 2.16. The number of amides is 1. The largest absolute Gasteiger partial charge is 0.484 e. The summed E-state index contributed by atoms with van der Waals surface area (Å²) in [5.74, 6) is 0.804. The van der Waals surface area contributed by atoms with Crippen molar-refractivity contribution in [2.75, 3.05) is 39.3 Å². The zero-order chi connectivity index (χ0) is 17.5. The van der Waals surface area contributed by atoms with Crippen molar-refractivity contribution >= 4 is 5.91 Å². The molecule has 132 valence electrons. The highest BCUT2D eigenvalue weighted by atomic mass is 16.5. The quantitative estimate of drug-likeness (QED) is 0.809. The Morgan fingerprint density at radius 1 is 1.08 bits per heavy atom. The molecule has 1 amide bonds. The van der Waals surface area contributed by atoms with Crippen molar-refractivity contribution in [3.8, 4) is 5.75 Å². The predicted molar refractivity (Wildman–Crippen MR) is 97.6 cm³/mol. The summed E-state index contributed by atoms with van der Waals surface area (Å²) in [4.78, 5) is 20.9. The fourth-order valence-electron chi connectivity index (χ4n) is 2.91. The van der Waals surface area contributed by atoms with E-state index in [1.165, 1.54) is 5.56 Å². The summed E-state index contributed by atoms with van der Waals surface area (Å²) in [7, 11) is 0. The highest BCUT2D eigenvalue weighted by Crippen LogP contribution is 2.12. The van der Waals surface area contributed by atoms with Gasteiger partial charge in [0.1, 0.15) is 5.75 Å². The molecule has 1 saturated heterocycles. The van der Waals surface area contributed by atoms with Crippen molar-refractivity contribution in [2.45, 2.75) is 13.3 Å². The summed E-state index contributed by atoms with van der Waals surface area (Å²) in [6.45, 7) is 6.46. The number of nitrogens with zero attached hydrogens (tertiary/aromatic N) is 3. The highest BCUT2D eigenvalue weighted by molar-refractivity contribution is 5.77. The lowest BCUT2D eigenvalue weighted by molar-refractivity contribution is -0.135. The van der Waals surface area contributed by atoms with Crippen LogP contribution in [-0.2, 0) is 11.2 Å². The maximum absolute atomic E-state index is 12.3. The fraction of sp³-hybridized carbons (Fsp3) is 0.400. The van der Waals surface area contributed by atoms with Gasteiger partial charge in [-0.25, -0.2) is 0 Å². The van der Waals surface area contributed by atoms with E-state index in [0.717, 1.165) is 50.6 Å². The van der Waals surface area contributed by atoms with Gasteiger partial charge in [0.25, 0.3) is 5.91 Å². The maximum Gasteiger partial charge on any atom is 0.260 e. The molecule has 2 aromatic rings. The zero-order valence-corrected chi connectivity index (χ0v) is 14.7. The van der Waals surface area contributed by atoms with Crippen LogP contribution in [0.3, 0.4) is 0 Å². The number of aryl methyl sites for hydroxylation is 1. The molecule has 2 heterocycles. The Hall–Kier alpha value is -2.40. The summed E-state index contributed by atoms with van der Waals surface area (Å²) in [5, 5.41) is 0. The van der Waals surface area contributed by atoms with Gasteiger partial charge in [-0.1, -0.05) is 23.8 Å². The molecular weight excluding hydrogens is 314 g/mol. The Morgan fingerprint density at radius 2 is 1.84 bits per heavy atom. The molecule has 5 nitrogen and oxygen atoms in total. The third-order valence-electron chi connectivity index (χ3n) is 4.52. The van der Waals surface area contributed by atoms with Crippen LogP contribution < -0.4 is 4.74 Å². The molecule has 1 aromatic heterocycles. The number of piperazine rings is 1. The van der Waals surface area contributed by atoms with E-state index in [2.05, 4.69) is 16.0 Å². The van der Waals surface area contributed by atoms with Gasteiger partial charge in [0.2, 0.25) is 0 Å². The van der Waals surface area contributed by atoms with Gasteiger partial charge >= 0.3 is 0 Å². The van der Waals surface area contributed by atoms with Crippen LogP contribution in [0.1, 0.15) is 11.3 Å². The monoisotopic (exact) mass is 339 g/mol. The summed E-state index contributed by atoms with van der Waals surface area (Å²) in [5.41, 5.74) is 2.30. The minimum absolute atomic E-state index is 0.0601. The zero-order valence-electron chi connectivity index (χ0n) is 14.7. The first-order valence-corrected chi connectivity index (χ1v) is 8.80. The van der Waals surface area contributed by atoms with E-state index in [0.29, 0.717) is 0 Å². The van der Waals surface area contributed by atoms with Crippen molar-refractivity contribution in [2.24, 2.45) is 0 Å². The van der Waals surface area contributed by atoms with Gasteiger partial charge in [-0.3, -0.25) is 14.7 Å². The van der Waals surface area contributed by atoms with Crippen molar-refractivity contribution in [1.82, 2.24) is 14.8 Å². The molecule has 0 N–H and O–H groups in total. The Kier molecular flexibility index (Phi) is 6.01. The number of hydrogen-bond donors (Lipinski definition) is 0. The molecule has 0 atom stereocenters. The second-order valence-electron chi connectivity index (χ2n) is 6.40. The van der Waals surface area contributed by atoms with Gasteiger partial charge < -0.3 is 9.64 Å². The first kappa shape index (κ1) is 17.4. The van der Waals surface area contributed by atoms with Crippen molar-refractivity contribution in [1.29, 1.82) is 0 Å². The maximum atomic E-state index is 12.3. The third kappa shape index (κ3) is 5.29. The van der Waals surface area contributed by atoms with Gasteiger partial charge in [0.15, 0.2) is 6.61 Å². The second-order valence-corrected chi connectivity index (χ2v) is 6.40. The average Bonchev–Trinajstić information content (AvgIpc) is 2.67. The lowest BCUT2D eigenvalue weighted by atomic mass is 10.2. The van der Waals surface area contributed by atoms with Crippen LogP contribution in [0.15, 0.2) is 48.7 Å². The number of hydrogen-bond acceptors (Lipinski definition) is 4. The number of pyridine rings is 1. The fourth-order valence-corrected chi connectivity index (χ4v) is 2.91. The first-order valence-electron chi connectivity index (χ1n) is 8.80. The van der Waals surface area contributed by atoms with Crippen LogP contribution >= 0.6 is 0 Å². The molecule has 0 bridgehead atoms. The van der Waals surface area contributed by atoms with Gasteiger partial charge in [-0.05, 0) is 31.2 Å². The lowest BCUT2D eigenvalue weighted by Gasteiger charge is -2.34. The Balaban J connectivity index is 1.38. The van der Waals surface area contributed by atoms with Crippen LogP contribution in [0.25, 0.3) is 0 Å². The minimum atomic E-state index is 0.0601. The molecule has 3 rings (SSSR count). The van der Waals surface area contributed by atoms with E-state index in [4.69, 9.17) is 4.74 Å². The van der Waals surface area contributed by atoms with Crippen LogP contribution in [0.2, 0.25) is 0 Å². The Labute approximate surface area is 149 Å². The average molecular weight is 339 g/mol. The molecule has 0 radical (unpaired) electrons. The van der Waals surface area contributed by atoms with Crippen LogP contribution in [0.4, 0.5) is 0 Å². The highest BCUT2D eigenvalue weighted by Gasteiger charge is 2.21. The topological polar surface area (TPSA) is 45.7 Å². The van der Waals surface area contributed by atoms with Gasteiger partial charge in [0, 0.05) is 51.0 Å². The molecule has 25 heavy (non-hydrogen) atoms. The molecule has 1 fully saturated rings. The standard InChI is InChI=1S/C20H25N3O2/c1-17-5-7-19(8-6-17)25-16-20(24)23-14-12-22(13-15-23)11-9-18-4-2-3-10-21-18/h2-8,10H,9,11-16H2,1H3. The van der Waals surface area contributed by atoms with E-state index in [9.17, 15) is 4.79 Å². The van der Waals surface area contributed by atoms with Crippen molar-refractivity contribution in [3.63, 3.8) is 0 Å². The van der Waals surface area contributed by atoms with Gasteiger partial charge in [-0.15, -0.1) is 0 Å². The van der Waals surface area contributed by atoms with Crippen LogP contribution in [0.5, 0.6) is 5.75 Å². The minimum Gasteiger partial charge on any atom is -0.484 e. The van der Waals surface area contributed by atoms with Gasteiger partial charge in [-0.2, -0.15) is 0 Å². The molecule has 1 aromatic carbocycles. The number of benzene rings is 1. The molecule has 5 heteroatoms. The van der Waals surface area contributed by atoms with Crippen molar-refractivity contribution < 1.29 is 9.53 Å². The summed E-state index contributed by atoms with van der Waals surface area (Å²) < 4.78 is 5.60. The summed E-state index contributed by atoms with van der Waals surface area (Å²) in [6.07, 6.45) is 2.78. The van der Waals surface area contributed by atoms with E-state index in [1.807, 2.05) is 54.4 Å². The number of carbonyl (C=O) groups excluding carboxylic acids is 1. The third-order valence-corrected chi connectivity index (χ3v) is 4.52. The lowest BCUT2D eigenvalue weighted by Crippen LogP contribution is -2.50. The van der Waals surface area contributed by atoms with Crippen LogP contribution in [0, 0.1) is 6.92 Å². The first-order chi connectivity index (χ1) is 12.2. The molecule has 1 aliphatic rings. The Bertz CT molecular complexity index is 665. The normalized spacial score (nSPS) is 15.2. The Morgan fingerprint density at radius 3 is 2.52 bits per heavy atom.